The third-order valence-electron chi connectivity index (χ3n) is 6.03. The van der Waals surface area contributed by atoms with Gasteiger partial charge < -0.3 is 4.74 Å². The van der Waals surface area contributed by atoms with Crippen LogP contribution in [0.4, 0.5) is 8.78 Å². The first-order valence-electron chi connectivity index (χ1n) is 9.87. The molecule has 2 aromatic rings. The summed E-state index contributed by atoms with van der Waals surface area (Å²) < 4.78 is 33.8. The molecule has 0 bridgehead atoms. The predicted octanol–water partition coefficient (Wildman–Crippen LogP) is 6.78. The number of ether oxygens (including phenoxy) is 1. The Morgan fingerprint density at radius 1 is 0.923 bits per heavy atom. The van der Waals surface area contributed by atoms with Gasteiger partial charge in [-0.3, -0.25) is 0 Å². The molecule has 0 aromatic heterocycles. The minimum Gasteiger partial charge on any atom is -0.368 e. The van der Waals surface area contributed by atoms with Crippen LogP contribution in [0.2, 0.25) is 0 Å². The molecule has 2 fully saturated rings. The highest BCUT2D eigenvalue weighted by atomic mass is 19.2. The van der Waals surface area contributed by atoms with Gasteiger partial charge in [-0.15, -0.1) is 0 Å². The summed E-state index contributed by atoms with van der Waals surface area (Å²) in [4.78, 5) is 0. The molecule has 2 aliphatic rings. The summed E-state index contributed by atoms with van der Waals surface area (Å²) in [6, 6.07) is 11.4. The van der Waals surface area contributed by atoms with Crippen LogP contribution in [0, 0.1) is 17.6 Å². The molecule has 0 amide bonds. The van der Waals surface area contributed by atoms with Crippen LogP contribution in [0.5, 0.6) is 0 Å². The van der Waals surface area contributed by atoms with Gasteiger partial charge in [-0.1, -0.05) is 56.2 Å². The van der Waals surface area contributed by atoms with E-state index in [4.69, 9.17) is 4.74 Å². The molecular weight excluding hydrogens is 330 g/mol. The first kappa shape index (κ1) is 17.7. The Bertz CT molecular complexity index is 757. The van der Waals surface area contributed by atoms with Crippen LogP contribution in [0.25, 0.3) is 11.1 Å². The van der Waals surface area contributed by atoms with E-state index in [2.05, 4.69) is 19.1 Å². The highest BCUT2D eigenvalue weighted by molar-refractivity contribution is 5.65. The first-order chi connectivity index (χ1) is 12.7. The normalized spacial score (nSPS) is 25.3. The van der Waals surface area contributed by atoms with Crippen molar-refractivity contribution in [3.63, 3.8) is 0 Å². The second kappa shape index (κ2) is 7.48. The predicted molar refractivity (Wildman–Crippen MR) is 100 cm³/mol. The van der Waals surface area contributed by atoms with Gasteiger partial charge in [0.15, 0.2) is 11.6 Å². The van der Waals surface area contributed by atoms with E-state index in [1.165, 1.54) is 44.1 Å². The number of epoxide rings is 1. The quantitative estimate of drug-likeness (QED) is 0.538. The van der Waals surface area contributed by atoms with Gasteiger partial charge >= 0.3 is 0 Å². The van der Waals surface area contributed by atoms with Crippen molar-refractivity contribution in [3.05, 3.63) is 59.2 Å². The smallest absolute Gasteiger partial charge is 0.167 e. The second-order valence-electron chi connectivity index (χ2n) is 7.78. The average molecular weight is 356 g/mol. The third-order valence-corrected chi connectivity index (χ3v) is 6.03. The van der Waals surface area contributed by atoms with Crippen molar-refractivity contribution >= 4 is 0 Å². The van der Waals surface area contributed by atoms with E-state index in [9.17, 15) is 8.78 Å². The van der Waals surface area contributed by atoms with Gasteiger partial charge in [0.1, 0.15) is 6.10 Å². The summed E-state index contributed by atoms with van der Waals surface area (Å²) in [7, 11) is 0. The van der Waals surface area contributed by atoms with E-state index < -0.39 is 11.6 Å². The molecule has 1 aliphatic carbocycles. The van der Waals surface area contributed by atoms with E-state index in [-0.39, 0.29) is 6.10 Å². The summed E-state index contributed by atoms with van der Waals surface area (Å²) in [5, 5.41) is 0. The maximum Gasteiger partial charge on any atom is 0.167 e. The molecule has 1 saturated heterocycles. The number of benzene rings is 2. The molecule has 138 valence electrons. The van der Waals surface area contributed by atoms with Crippen LogP contribution in [-0.4, -0.2) is 6.61 Å². The lowest BCUT2D eigenvalue weighted by atomic mass is 9.77. The molecule has 1 saturated carbocycles. The third kappa shape index (κ3) is 3.55. The highest BCUT2D eigenvalue weighted by Crippen LogP contribution is 2.39. The standard InChI is InChI=1S/C23H26F2O/c1-2-3-15-4-6-16(7-5-15)17-8-10-18(11-9-17)19-12-13-20(21-14-26-21)23(25)22(19)24/h8-13,15-16,21H,2-7,14H2,1H3/t15-,16-,21?. The monoisotopic (exact) mass is 356 g/mol. The lowest BCUT2D eigenvalue weighted by Crippen LogP contribution is -2.13. The van der Waals surface area contributed by atoms with Crippen LogP contribution in [0.15, 0.2) is 36.4 Å². The molecule has 1 unspecified atom stereocenters. The fourth-order valence-electron chi connectivity index (χ4n) is 4.39. The molecule has 4 rings (SSSR count). The van der Waals surface area contributed by atoms with Gasteiger partial charge in [0.2, 0.25) is 0 Å². The summed E-state index contributed by atoms with van der Waals surface area (Å²) in [5.74, 6) is -0.0520. The fourth-order valence-corrected chi connectivity index (χ4v) is 4.39. The minimum atomic E-state index is -0.775. The number of halogens is 2. The number of rotatable bonds is 5. The van der Waals surface area contributed by atoms with Crippen LogP contribution in [0.1, 0.15) is 68.6 Å². The molecule has 1 atom stereocenters. The molecule has 2 aromatic carbocycles. The van der Waals surface area contributed by atoms with Crippen molar-refractivity contribution in [2.75, 3.05) is 6.61 Å². The molecular formula is C23H26F2O. The van der Waals surface area contributed by atoms with Gasteiger partial charge in [-0.2, -0.15) is 0 Å². The van der Waals surface area contributed by atoms with E-state index >= 15 is 0 Å². The van der Waals surface area contributed by atoms with Crippen molar-refractivity contribution in [2.45, 2.75) is 57.5 Å². The zero-order valence-electron chi connectivity index (χ0n) is 15.3. The Morgan fingerprint density at radius 3 is 2.23 bits per heavy atom. The Balaban J connectivity index is 1.49. The summed E-state index contributed by atoms with van der Waals surface area (Å²) in [5.41, 5.74) is 2.71. The molecule has 0 radical (unpaired) electrons. The number of hydrogen-bond donors (Lipinski definition) is 0. The largest absolute Gasteiger partial charge is 0.368 e. The summed E-state index contributed by atoms with van der Waals surface area (Å²) in [6.45, 7) is 2.74. The van der Waals surface area contributed by atoms with Crippen LogP contribution < -0.4 is 0 Å². The molecule has 3 heteroatoms. The van der Waals surface area contributed by atoms with E-state index in [0.717, 1.165) is 11.5 Å². The zero-order chi connectivity index (χ0) is 18.1. The second-order valence-corrected chi connectivity index (χ2v) is 7.78. The summed E-state index contributed by atoms with van der Waals surface area (Å²) >= 11 is 0. The zero-order valence-corrected chi connectivity index (χ0v) is 15.3. The Labute approximate surface area is 154 Å². The van der Waals surface area contributed by atoms with Crippen LogP contribution in [-0.2, 0) is 4.74 Å². The number of hydrogen-bond acceptors (Lipinski definition) is 1. The van der Waals surface area contributed by atoms with Crippen molar-refractivity contribution in [2.24, 2.45) is 5.92 Å². The molecule has 0 N–H and O–H groups in total. The van der Waals surface area contributed by atoms with Crippen molar-refractivity contribution < 1.29 is 13.5 Å². The average Bonchev–Trinajstić information content (AvgIpc) is 3.50. The van der Waals surface area contributed by atoms with Gasteiger partial charge in [0.05, 0.1) is 6.61 Å². The van der Waals surface area contributed by atoms with E-state index in [1.54, 1.807) is 12.1 Å². The van der Waals surface area contributed by atoms with Crippen molar-refractivity contribution in [1.29, 1.82) is 0 Å². The molecule has 1 nitrogen and oxygen atoms in total. The van der Waals surface area contributed by atoms with Gasteiger partial charge in [0.25, 0.3) is 0 Å². The van der Waals surface area contributed by atoms with Gasteiger partial charge in [-0.25, -0.2) is 8.78 Å². The molecule has 0 spiro atoms. The highest BCUT2D eigenvalue weighted by Gasteiger charge is 2.30. The Morgan fingerprint density at radius 2 is 1.62 bits per heavy atom. The minimum absolute atomic E-state index is 0.274. The van der Waals surface area contributed by atoms with Gasteiger partial charge in [0, 0.05) is 11.1 Å². The fraction of sp³-hybridized carbons (Fsp3) is 0.478. The topological polar surface area (TPSA) is 12.5 Å². The van der Waals surface area contributed by atoms with Gasteiger partial charge in [-0.05, 0) is 48.6 Å². The molecule has 1 heterocycles. The lowest BCUT2D eigenvalue weighted by Gasteiger charge is -2.28. The van der Waals surface area contributed by atoms with E-state index in [0.29, 0.717) is 23.7 Å². The molecule has 26 heavy (non-hydrogen) atoms. The van der Waals surface area contributed by atoms with Crippen LogP contribution >= 0.6 is 0 Å². The Hall–Kier alpha value is -1.74. The first-order valence-corrected chi connectivity index (χ1v) is 9.87. The lowest BCUT2D eigenvalue weighted by molar-refractivity contribution is 0.308. The maximum absolute atomic E-state index is 14.5. The molecule has 1 aliphatic heterocycles. The van der Waals surface area contributed by atoms with Crippen LogP contribution in [0.3, 0.4) is 0 Å². The Kier molecular flexibility index (Phi) is 5.08. The van der Waals surface area contributed by atoms with Crippen molar-refractivity contribution in [1.82, 2.24) is 0 Å². The van der Waals surface area contributed by atoms with E-state index in [1.807, 2.05) is 12.1 Å². The SMILES string of the molecule is CCC[C@H]1CC[C@H](c2ccc(-c3ccc(C4CO4)c(F)c3F)cc2)CC1. The maximum atomic E-state index is 14.5. The van der Waals surface area contributed by atoms with Crippen molar-refractivity contribution in [3.8, 4) is 11.1 Å². The summed E-state index contributed by atoms with van der Waals surface area (Å²) in [6.07, 6.45) is 7.45.